The number of hydrogen-bond acceptors (Lipinski definition) is 5. The van der Waals surface area contributed by atoms with E-state index in [0.29, 0.717) is 24.1 Å². The minimum atomic E-state index is -0.0631. The Bertz CT molecular complexity index is 1550. The Labute approximate surface area is 204 Å². The molecular formula is C28H30N6O. The first-order valence-electron chi connectivity index (χ1n) is 12.5. The summed E-state index contributed by atoms with van der Waals surface area (Å²) in [7, 11) is 0. The van der Waals surface area contributed by atoms with Gasteiger partial charge in [0.2, 0.25) is 5.95 Å². The average Bonchev–Trinajstić information content (AvgIpc) is 3.49. The number of nitrogens with zero attached hydrogens (tertiary/aromatic N) is 5. The van der Waals surface area contributed by atoms with Crippen molar-refractivity contribution in [3.05, 3.63) is 63.8 Å². The van der Waals surface area contributed by atoms with Gasteiger partial charge in [0.1, 0.15) is 5.52 Å². The summed E-state index contributed by atoms with van der Waals surface area (Å²) in [6, 6.07) is 10.5. The summed E-state index contributed by atoms with van der Waals surface area (Å²) in [6.45, 7) is 4.29. The monoisotopic (exact) mass is 466 g/mol. The fourth-order valence-corrected chi connectivity index (χ4v) is 5.67. The smallest absolute Gasteiger partial charge is 0.277 e. The molecule has 1 atom stereocenters. The molecule has 2 N–H and O–H groups in total. The van der Waals surface area contributed by atoms with Crippen LogP contribution in [0.3, 0.4) is 0 Å². The third kappa shape index (κ3) is 3.78. The quantitative estimate of drug-likeness (QED) is 0.467. The zero-order valence-corrected chi connectivity index (χ0v) is 20.1. The van der Waals surface area contributed by atoms with Gasteiger partial charge in [-0.25, -0.2) is 4.98 Å². The van der Waals surface area contributed by atoms with Gasteiger partial charge in [0.25, 0.3) is 5.56 Å². The Morgan fingerprint density at radius 1 is 1.11 bits per heavy atom. The van der Waals surface area contributed by atoms with Crippen molar-refractivity contribution >= 4 is 27.8 Å². The van der Waals surface area contributed by atoms with E-state index >= 15 is 0 Å². The third-order valence-electron chi connectivity index (χ3n) is 7.35. The van der Waals surface area contributed by atoms with E-state index in [9.17, 15) is 4.79 Å². The lowest BCUT2D eigenvalue weighted by atomic mass is 10.0. The van der Waals surface area contributed by atoms with Crippen LogP contribution in [0, 0.1) is 11.8 Å². The highest BCUT2D eigenvalue weighted by Gasteiger charge is 2.24. The van der Waals surface area contributed by atoms with Gasteiger partial charge >= 0.3 is 0 Å². The topological polar surface area (TPSA) is 82.0 Å². The van der Waals surface area contributed by atoms with E-state index in [0.717, 1.165) is 62.2 Å². The number of aromatic nitrogens is 4. The van der Waals surface area contributed by atoms with E-state index in [4.69, 9.17) is 15.7 Å². The van der Waals surface area contributed by atoms with E-state index < -0.39 is 0 Å². The van der Waals surface area contributed by atoms with Gasteiger partial charge in [0.05, 0.1) is 24.3 Å². The number of anilines is 1. The predicted octanol–water partition coefficient (Wildman–Crippen LogP) is 3.23. The van der Waals surface area contributed by atoms with E-state index in [1.54, 1.807) is 4.57 Å². The van der Waals surface area contributed by atoms with Crippen LogP contribution >= 0.6 is 0 Å². The third-order valence-corrected chi connectivity index (χ3v) is 7.35. The van der Waals surface area contributed by atoms with Gasteiger partial charge in [-0.05, 0) is 56.0 Å². The second-order valence-corrected chi connectivity index (χ2v) is 9.64. The largest absolute Gasteiger partial charge is 0.341 e. The highest BCUT2D eigenvalue weighted by molar-refractivity contribution is 5.88. The number of pyridine rings is 2. The minimum Gasteiger partial charge on any atom is -0.341 e. The Kier molecular flexibility index (Phi) is 5.54. The predicted molar refractivity (Wildman–Crippen MR) is 140 cm³/mol. The molecule has 0 saturated carbocycles. The molecular weight excluding hydrogens is 436 g/mol. The van der Waals surface area contributed by atoms with Gasteiger partial charge in [-0.1, -0.05) is 30.2 Å². The van der Waals surface area contributed by atoms with Crippen LogP contribution in [0.2, 0.25) is 0 Å². The van der Waals surface area contributed by atoms with Crippen molar-refractivity contribution in [1.82, 2.24) is 19.1 Å². The summed E-state index contributed by atoms with van der Waals surface area (Å²) in [6.07, 6.45) is 7.11. The van der Waals surface area contributed by atoms with Gasteiger partial charge in [-0.3, -0.25) is 14.3 Å². The Morgan fingerprint density at radius 3 is 2.80 bits per heavy atom. The van der Waals surface area contributed by atoms with Crippen molar-refractivity contribution in [3.8, 4) is 11.8 Å². The van der Waals surface area contributed by atoms with Crippen LogP contribution in [0.4, 0.5) is 5.95 Å². The molecule has 0 amide bonds. The molecule has 1 aliphatic heterocycles. The first kappa shape index (κ1) is 21.9. The molecule has 0 spiro atoms. The molecule has 0 radical (unpaired) electrons. The average molecular weight is 467 g/mol. The lowest BCUT2D eigenvalue weighted by molar-refractivity contribution is 0.496. The van der Waals surface area contributed by atoms with Crippen molar-refractivity contribution in [2.75, 3.05) is 18.0 Å². The van der Waals surface area contributed by atoms with E-state index in [1.807, 2.05) is 23.8 Å². The van der Waals surface area contributed by atoms with Crippen LogP contribution in [0.1, 0.15) is 43.1 Å². The van der Waals surface area contributed by atoms with Gasteiger partial charge in [0, 0.05) is 36.4 Å². The van der Waals surface area contributed by atoms with Gasteiger partial charge < -0.3 is 15.2 Å². The van der Waals surface area contributed by atoms with Crippen LogP contribution in [0.5, 0.6) is 0 Å². The maximum atomic E-state index is 13.8. The number of aryl methyl sites for hydroxylation is 2. The number of hydrogen-bond donors (Lipinski definition) is 1. The SMILES string of the molecule is CC#CCn1c(N2CCCC(N)C2)nc2ccn(Cc3nc4c(c5ccccc35)CCC4)c(=O)c21. The number of imidazole rings is 1. The molecule has 6 rings (SSSR count). The van der Waals surface area contributed by atoms with Gasteiger partial charge in [-0.15, -0.1) is 5.92 Å². The number of nitrogens with two attached hydrogens (primary N) is 1. The van der Waals surface area contributed by atoms with Crippen molar-refractivity contribution < 1.29 is 0 Å². The maximum Gasteiger partial charge on any atom is 0.277 e. The van der Waals surface area contributed by atoms with E-state index in [1.165, 1.54) is 16.6 Å². The molecule has 0 bridgehead atoms. The first-order chi connectivity index (χ1) is 17.1. The molecule has 178 valence electrons. The molecule has 1 aromatic carbocycles. The fourth-order valence-electron chi connectivity index (χ4n) is 5.67. The summed E-state index contributed by atoms with van der Waals surface area (Å²) < 4.78 is 3.73. The van der Waals surface area contributed by atoms with Crippen molar-refractivity contribution in [2.24, 2.45) is 5.73 Å². The molecule has 4 aromatic rings. The molecule has 3 aromatic heterocycles. The van der Waals surface area contributed by atoms with Crippen LogP contribution < -0.4 is 16.2 Å². The van der Waals surface area contributed by atoms with Crippen molar-refractivity contribution in [1.29, 1.82) is 0 Å². The highest BCUT2D eigenvalue weighted by atomic mass is 16.1. The van der Waals surface area contributed by atoms with E-state index in [2.05, 4.69) is 41.0 Å². The second kappa shape index (κ2) is 8.86. The molecule has 35 heavy (non-hydrogen) atoms. The van der Waals surface area contributed by atoms with E-state index in [-0.39, 0.29) is 11.6 Å². The molecule has 1 saturated heterocycles. The lowest BCUT2D eigenvalue weighted by Gasteiger charge is -2.31. The van der Waals surface area contributed by atoms with Crippen LogP contribution in [-0.4, -0.2) is 38.2 Å². The minimum absolute atomic E-state index is 0.0631. The summed E-state index contributed by atoms with van der Waals surface area (Å²) in [5.41, 5.74) is 11.0. The maximum absolute atomic E-state index is 13.8. The Balaban J connectivity index is 1.47. The summed E-state index contributed by atoms with van der Waals surface area (Å²) in [4.78, 5) is 25.9. The molecule has 2 aliphatic rings. The van der Waals surface area contributed by atoms with Crippen LogP contribution in [-0.2, 0) is 25.9 Å². The normalized spacial score (nSPS) is 17.5. The first-order valence-corrected chi connectivity index (χ1v) is 12.5. The summed E-state index contributed by atoms with van der Waals surface area (Å²) in [5, 5.41) is 2.40. The number of fused-ring (bicyclic) bond motifs is 4. The van der Waals surface area contributed by atoms with Crippen LogP contribution in [0.25, 0.3) is 21.8 Å². The Morgan fingerprint density at radius 2 is 1.97 bits per heavy atom. The summed E-state index contributed by atoms with van der Waals surface area (Å²) >= 11 is 0. The zero-order valence-electron chi connectivity index (χ0n) is 20.1. The molecule has 7 heteroatoms. The number of rotatable bonds is 4. The standard InChI is InChI=1S/C28H30N6O/c1-2-3-15-34-26-24(31-28(34)33-14-7-8-19(29)17-33)13-16-32(27(26)35)18-25-22-10-5-4-9-20(22)21-11-6-12-23(21)30-25/h4-5,9-10,13,16,19H,6-8,11-12,14-15,17-18,29H2,1H3. The van der Waals surface area contributed by atoms with Gasteiger partial charge in [-0.2, -0.15) is 0 Å². The molecule has 1 fully saturated rings. The molecule has 7 nitrogen and oxygen atoms in total. The molecule has 1 unspecified atom stereocenters. The van der Waals surface area contributed by atoms with Crippen molar-refractivity contribution in [3.63, 3.8) is 0 Å². The molecule has 4 heterocycles. The fraction of sp³-hybridized carbons (Fsp3) is 0.393. The van der Waals surface area contributed by atoms with Crippen LogP contribution in [0.15, 0.2) is 41.3 Å². The van der Waals surface area contributed by atoms with Crippen molar-refractivity contribution in [2.45, 2.75) is 58.2 Å². The zero-order chi connectivity index (χ0) is 23.9. The second-order valence-electron chi connectivity index (χ2n) is 9.64. The number of piperidine rings is 1. The highest BCUT2D eigenvalue weighted by Crippen LogP contribution is 2.30. The molecule has 1 aliphatic carbocycles. The lowest BCUT2D eigenvalue weighted by Crippen LogP contribution is -2.44. The summed E-state index contributed by atoms with van der Waals surface area (Å²) in [5.74, 6) is 6.89. The number of benzene rings is 1. The Hall–Kier alpha value is -3.63. The van der Waals surface area contributed by atoms with Gasteiger partial charge in [0.15, 0.2) is 0 Å².